The highest BCUT2D eigenvalue weighted by Crippen LogP contribution is 2.29. The molecule has 0 atom stereocenters. The highest BCUT2D eigenvalue weighted by molar-refractivity contribution is 7.89. The van der Waals surface area contributed by atoms with Crippen LogP contribution in [0.3, 0.4) is 0 Å². The van der Waals surface area contributed by atoms with Crippen molar-refractivity contribution in [3.63, 3.8) is 0 Å². The lowest BCUT2D eigenvalue weighted by Crippen LogP contribution is -2.32. The predicted molar refractivity (Wildman–Crippen MR) is 124 cm³/mol. The van der Waals surface area contributed by atoms with E-state index in [1.54, 1.807) is 17.4 Å². The molecular formula is C22H25N3O4S2. The Morgan fingerprint density at radius 1 is 1.10 bits per heavy atom. The molecule has 3 aromatic rings. The van der Waals surface area contributed by atoms with Crippen molar-refractivity contribution in [2.45, 2.75) is 11.4 Å². The third-order valence-corrected chi connectivity index (χ3v) is 7.18. The number of carbonyl (C=O) groups is 1. The molecule has 0 aliphatic heterocycles. The summed E-state index contributed by atoms with van der Waals surface area (Å²) >= 11 is 1.61. The van der Waals surface area contributed by atoms with Crippen LogP contribution in [0.2, 0.25) is 0 Å². The van der Waals surface area contributed by atoms with Gasteiger partial charge in [0.15, 0.2) is 0 Å². The first kappa shape index (κ1) is 22.8. The van der Waals surface area contributed by atoms with E-state index in [0.717, 1.165) is 15.6 Å². The molecule has 1 heterocycles. The molecule has 0 fully saturated rings. The molecule has 0 unspecified atom stereocenters. The summed E-state index contributed by atoms with van der Waals surface area (Å²) in [5.74, 6) is -0.0347. The van der Waals surface area contributed by atoms with Crippen LogP contribution >= 0.6 is 11.3 Å². The molecule has 1 N–H and O–H groups in total. The van der Waals surface area contributed by atoms with E-state index in [9.17, 15) is 13.2 Å². The van der Waals surface area contributed by atoms with Crippen LogP contribution in [0.25, 0.3) is 0 Å². The van der Waals surface area contributed by atoms with Crippen molar-refractivity contribution in [3.8, 4) is 5.75 Å². The fourth-order valence-corrected chi connectivity index (χ4v) is 4.74. The average Bonchev–Trinajstić information content (AvgIpc) is 3.27. The van der Waals surface area contributed by atoms with E-state index in [1.165, 1.54) is 33.3 Å². The van der Waals surface area contributed by atoms with Crippen LogP contribution in [-0.4, -0.2) is 46.4 Å². The minimum atomic E-state index is -3.73. The van der Waals surface area contributed by atoms with Crippen molar-refractivity contribution in [1.82, 2.24) is 4.31 Å². The molecule has 1 aromatic heterocycles. The molecule has 0 aliphatic carbocycles. The molecule has 3 rings (SSSR count). The summed E-state index contributed by atoms with van der Waals surface area (Å²) in [5, 5.41) is 6.86. The van der Waals surface area contributed by atoms with Crippen molar-refractivity contribution in [2.24, 2.45) is 0 Å². The first-order chi connectivity index (χ1) is 14.8. The lowest BCUT2D eigenvalue weighted by atomic mass is 10.2. The number of nitrogens with one attached hydrogen (secondary N) is 1. The summed E-state index contributed by atoms with van der Waals surface area (Å²) in [6, 6.07) is 16.3. The number of rotatable bonds is 9. The monoisotopic (exact) mass is 459 g/mol. The van der Waals surface area contributed by atoms with Crippen LogP contribution in [0.5, 0.6) is 5.75 Å². The zero-order valence-corrected chi connectivity index (χ0v) is 19.2. The summed E-state index contributed by atoms with van der Waals surface area (Å²) in [6.45, 7) is 0.700. The molecule has 0 aliphatic rings. The van der Waals surface area contributed by atoms with Gasteiger partial charge >= 0.3 is 0 Å². The van der Waals surface area contributed by atoms with Gasteiger partial charge in [-0.2, -0.15) is 11.3 Å². The SMILES string of the molecule is COc1ccc(NC(=O)CN(Cc2ccsc2)c2ccccc2)cc1S(=O)(=O)N(C)C. The van der Waals surface area contributed by atoms with Gasteiger partial charge in [0, 0.05) is 32.0 Å². The summed E-state index contributed by atoms with van der Waals surface area (Å²) in [7, 11) is 0.570. The van der Waals surface area contributed by atoms with Crippen LogP contribution < -0.4 is 15.0 Å². The number of benzene rings is 2. The second kappa shape index (κ2) is 9.95. The van der Waals surface area contributed by atoms with Gasteiger partial charge in [0.1, 0.15) is 10.6 Å². The Labute approximate surface area is 186 Å². The molecule has 2 aromatic carbocycles. The molecule has 0 saturated heterocycles. The standard InChI is InChI=1S/C22H25N3O4S2/c1-24(2)31(27,28)21-13-18(9-10-20(21)29-3)23-22(26)15-25(14-17-11-12-30-16-17)19-7-5-4-6-8-19/h4-13,16H,14-15H2,1-3H3,(H,23,26). The second-order valence-electron chi connectivity index (χ2n) is 7.02. The van der Waals surface area contributed by atoms with E-state index in [-0.39, 0.29) is 23.1 Å². The molecule has 0 radical (unpaired) electrons. The molecule has 0 spiro atoms. The van der Waals surface area contributed by atoms with Crippen LogP contribution in [0.4, 0.5) is 11.4 Å². The van der Waals surface area contributed by atoms with Crippen molar-refractivity contribution >= 4 is 38.6 Å². The van der Waals surface area contributed by atoms with Gasteiger partial charge in [-0.25, -0.2) is 12.7 Å². The number of sulfonamides is 1. The maximum atomic E-state index is 12.8. The normalized spacial score (nSPS) is 11.4. The number of hydrogen-bond acceptors (Lipinski definition) is 6. The highest BCUT2D eigenvalue weighted by atomic mass is 32.2. The summed E-state index contributed by atoms with van der Waals surface area (Å²) in [4.78, 5) is 14.8. The van der Waals surface area contributed by atoms with Gasteiger partial charge in [-0.05, 0) is 52.7 Å². The molecule has 0 bridgehead atoms. The van der Waals surface area contributed by atoms with Gasteiger partial charge in [0.2, 0.25) is 15.9 Å². The summed E-state index contributed by atoms with van der Waals surface area (Å²) < 4.78 is 31.5. The Bertz CT molecular complexity index is 1110. The van der Waals surface area contributed by atoms with Gasteiger partial charge in [0.25, 0.3) is 0 Å². The zero-order valence-electron chi connectivity index (χ0n) is 17.6. The number of nitrogens with zero attached hydrogens (tertiary/aromatic N) is 2. The highest BCUT2D eigenvalue weighted by Gasteiger charge is 2.23. The number of amides is 1. The van der Waals surface area contributed by atoms with E-state index in [4.69, 9.17) is 4.74 Å². The minimum Gasteiger partial charge on any atom is -0.495 e. The number of para-hydroxylation sites is 1. The van der Waals surface area contributed by atoms with E-state index >= 15 is 0 Å². The Morgan fingerprint density at radius 2 is 1.84 bits per heavy atom. The second-order valence-corrected chi connectivity index (χ2v) is 9.92. The number of thiophene rings is 1. The van der Waals surface area contributed by atoms with Crippen LogP contribution in [0.15, 0.2) is 70.3 Å². The number of hydrogen-bond donors (Lipinski definition) is 1. The largest absolute Gasteiger partial charge is 0.495 e. The van der Waals surface area contributed by atoms with E-state index in [0.29, 0.717) is 12.2 Å². The van der Waals surface area contributed by atoms with Gasteiger partial charge < -0.3 is 15.0 Å². The topological polar surface area (TPSA) is 79.0 Å². The number of carbonyl (C=O) groups excluding carboxylic acids is 1. The molecule has 1 amide bonds. The van der Waals surface area contributed by atoms with Gasteiger partial charge in [-0.1, -0.05) is 18.2 Å². The van der Waals surface area contributed by atoms with Crippen molar-refractivity contribution in [2.75, 3.05) is 38.0 Å². The van der Waals surface area contributed by atoms with Crippen molar-refractivity contribution in [3.05, 3.63) is 70.9 Å². The van der Waals surface area contributed by atoms with E-state index in [2.05, 4.69) is 10.7 Å². The van der Waals surface area contributed by atoms with Crippen LogP contribution in [0, 0.1) is 0 Å². The van der Waals surface area contributed by atoms with Gasteiger partial charge in [-0.3, -0.25) is 4.79 Å². The first-order valence-electron chi connectivity index (χ1n) is 9.52. The smallest absolute Gasteiger partial charge is 0.246 e. The summed E-state index contributed by atoms with van der Waals surface area (Å²) in [6.07, 6.45) is 0. The first-order valence-corrected chi connectivity index (χ1v) is 11.9. The third-order valence-electron chi connectivity index (χ3n) is 4.62. The van der Waals surface area contributed by atoms with E-state index < -0.39 is 10.0 Å². The molecule has 164 valence electrons. The Hall–Kier alpha value is -2.88. The molecule has 9 heteroatoms. The molecule has 31 heavy (non-hydrogen) atoms. The predicted octanol–water partition coefficient (Wildman–Crippen LogP) is 3.65. The molecule has 7 nitrogen and oxygen atoms in total. The van der Waals surface area contributed by atoms with Gasteiger partial charge in [0.05, 0.1) is 13.7 Å². The van der Waals surface area contributed by atoms with Crippen molar-refractivity contribution in [1.29, 1.82) is 0 Å². The fraction of sp³-hybridized carbons (Fsp3) is 0.227. The van der Waals surface area contributed by atoms with Crippen LogP contribution in [0.1, 0.15) is 5.56 Å². The number of anilines is 2. The molecular weight excluding hydrogens is 434 g/mol. The minimum absolute atomic E-state index is 0.00371. The quantitative estimate of drug-likeness (QED) is 0.528. The Kier molecular flexibility index (Phi) is 7.32. The summed E-state index contributed by atoms with van der Waals surface area (Å²) in [5.41, 5.74) is 2.43. The number of methoxy groups -OCH3 is 1. The van der Waals surface area contributed by atoms with Gasteiger partial charge in [-0.15, -0.1) is 0 Å². The average molecular weight is 460 g/mol. The maximum Gasteiger partial charge on any atom is 0.246 e. The number of ether oxygens (including phenoxy) is 1. The zero-order chi connectivity index (χ0) is 22.4. The Balaban J connectivity index is 1.81. The Morgan fingerprint density at radius 3 is 2.45 bits per heavy atom. The molecule has 0 saturated carbocycles. The lowest BCUT2D eigenvalue weighted by Gasteiger charge is -2.24. The van der Waals surface area contributed by atoms with Crippen molar-refractivity contribution < 1.29 is 17.9 Å². The lowest BCUT2D eigenvalue weighted by molar-refractivity contribution is -0.115. The maximum absolute atomic E-state index is 12.8. The van der Waals surface area contributed by atoms with E-state index in [1.807, 2.05) is 46.7 Å². The van der Waals surface area contributed by atoms with Crippen LogP contribution in [-0.2, 0) is 21.4 Å². The fourth-order valence-electron chi connectivity index (χ4n) is 3.01. The third kappa shape index (κ3) is 5.63.